The predicted octanol–water partition coefficient (Wildman–Crippen LogP) is 3.86. The summed E-state index contributed by atoms with van der Waals surface area (Å²) < 4.78 is 0. The van der Waals surface area contributed by atoms with Crippen molar-refractivity contribution in [2.24, 2.45) is 0 Å². The first kappa shape index (κ1) is 21.4. The van der Waals surface area contributed by atoms with Crippen LogP contribution in [0.2, 0.25) is 0 Å². The van der Waals surface area contributed by atoms with Gasteiger partial charge in [0, 0.05) is 24.3 Å². The zero-order chi connectivity index (χ0) is 22.3. The van der Waals surface area contributed by atoms with Crippen molar-refractivity contribution in [3.05, 3.63) is 77.9 Å². The van der Waals surface area contributed by atoms with Crippen LogP contribution in [0.3, 0.4) is 0 Å². The molecule has 0 aliphatic carbocycles. The smallest absolute Gasteiger partial charge is 0.337 e. The average Bonchev–Trinajstić information content (AvgIpc) is 2.83. The van der Waals surface area contributed by atoms with Gasteiger partial charge in [0.2, 0.25) is 5.91 Å². The molecule has 3 aromatic carbocycles. The normalized spacial score (nSPS) is 13.4. The first-order valence-electron chi connectivity index (χ1n) is 10.8. The van der Waals surface area contributed by atoms with Crippen LogP contribution in [0.1, 0.15) is 35.2 Å². The second kappa shape index (κ2) is 9.96. The van der Waals surface area contributed by atoms with E-state index >= 15 is 0 Å². The number of rotatable bonds is 4. The number of carbonyl (C=O) groups is 3. The maximum absolute atomic E-state index is 12.6. The maximum Gasteiger partial charge on any atom is 0.337 e. The monoisotopic (exact) mass is 430 g/mol. The zero-order valence-corrected chi connectivity index (χ0v) is 17.8. The Balaban J connectivity index is 1.28. The molecule has 7 heteroatoms. The fourth-order valence-electron chi connectivity index (χ4n) is 3.88. The number of benzene rings is 3. The number of piperidine rings is 1. The molecule has 164 valence electrons. The lowest BCUT2D eigenvalue weighted by Gasteiger charge is -2.26. The van der Waals surface area contributed by atoms with E-state index in [9.17, 15) is 14.4 Å². The van der Waals surface area contributed by atoms with Gasteiger partial charge in [0.1, 0.15) is 0 Å². The predicted molar refractivity (Wildman–Crippen MR) is 124 cm³/mol. The van der Waals surface area contributed by atoms with Crippen molar-refractivity contribution in [2.45, 2.75) is 25.7 Å². The van der Waals surface area contributed by atoms with E-state index in [1.165, 1.54) is 0 Å². The molecule has 3 aromatic rings. The highest BCUT2D eigenvalue weighted by atomic mass is 16.2. The number of likely N-dealkylation sites (tertiary alicyclic amines) is 1. The van der Waals surface area contributed by atoms with Gasteiger partial charge in [-0.2, -0.15) is 0 Å². The van der Waals surface area contributed by atoms with Gasteiger partial charge in [-0.25, -0.2) is 10.2 Å². The molecule has 1 saturated heterocycles. The Hall–Kier alpha value is -3.87. The van der Waals surface area contributed by atoms with Gasteiger partial charge in [0.05, 0.1) is 6.42 Å². The second-order valence-corrected chi connectivity index (χ2v) is 7.92. The van der Waals surface area contributed by atoms with E-state index in [0.29, 0.717) is 11.3 Å². The van der Waals surface area contributed by atoms with Crippen LogP contribution < -0.4 is 16.2 Å². The van der Waals surface area contributed by atoms with Gasteiger partial charge in [-0.3, -0.25) is 15.0 Å². The molecule has 7 nitrogen and oxygen atoms in total. The number of hydrogen-bond acceptors (Lipinski definition) is 3. The first-order chi connectivity index (χ1) is 15.6. The molecule has 0 atom stereocenters. The van der Waals surface area contributed by atoms with E-state index in [-0.39, 0.29) is 18.2 Å². The molecule has 0 radical (unpaired) electrons. The number of fused-ring (bicyclic) bond motifs is 1. The number of nitrogens with one attached hydrogen (secondary N) is 3. The van der Waals surface area contributed by atoms with Crippen molar-refractivity contribution in [1.29, 1.82) is 0 Å². The van der Waals surface area contributed by atoms with Gasteiger partial charge >= 0.3 is 6.03 Å². The van der Waals surface area contributed by atoms with E-state index in [0.717, 1.165) is 48.7 Å². The summed E-state index contributed by atoms with van der Waals surface area (Å²) in [4.78, 5) is 38.9. The molecule has 0 saturated carbocycles. The fourth-order valence-corrected chi connectivity index (χ4v) is 3.88. The lowest BCUT2D eigenvalue weighted by Crippen LogP contribution is -2.44. The Bertz CT molecular complexity index is 1140. The van der Waals surface area contributed by atoms with Gasteiger partial charge in [0.25, 0.3) is 5.91 Å². The highest BCUT2D eigenvalue weighted by Gasteiger charge is 2.18. The van der Waals surface area contributed by atoms with E-state index in [2.05, 4.69) is 16.2 Å². The van der Waals surface area contributed by atoms with Crippen molar-refractivity contribution in [3.63, 3.8) is 0 Å². The molecule has 1 fully saturated rings. The first-order valence-corrected chi connectivity index (χ1v) is 10.8. The minimum absolute atomic E-state index is 0.0301. The summed E-state index contributed by atoms with van der Waals surface area (Å²) in [5.41, 5.74) is 6.63. The minimum Gasteiger partial charge on any atom is -0.339 e. The molecular formula is C25H26N4O3. The molecule has 0 spiro atoms. The summed E-state index contributed by atoms with van der Waals surface area (Å²) in [7, 11) is 0. The molecule has 4 amide bonds. The molecule has 32 heavy (non-hydrogen) atoms. The fraction of sp³-hybridized carbons (Fsp3) is 0.240. The van der Waals surface area contributed by atoms with Crippen molar-refractivity contribution in [3.8, 4) is 0 Å². The number of hydrazine groups is 1. The molecule has 3 N–H and O–H groups in total. The molecule has 0 unspecified atom stereocenters. The van der Waals surface area contributed by atoms with Crippen LogP contribution in [0.25, 0.3) is 10.8 Å². The van der Waals surface area contributed by atoms with Gasteiger partial charge in [-0.1, -0.05) is 48.5 Å². The Labute approximate surface area is 186 Å². The molecule has 0 bridgehead atoms. The standard InChI is InChI=1S/C25H26N4O3/c30-23(16-18-11-12-19-7-2-3-8-20(19)15-18)27-28-25(32)26-22-10-6-9-21(17-22)24(31)29-13-4-1-5-14-29/h2-3,6-12,15,17H,1,4-5,13-14,16H2,(H,27,30)(H2,26,28,32). The van der Waals surface area contributed by atoms with Gasteiger partial charge in [-0.05, 0) is 53.8 Å². The van der Waals surface area contributed by atoms with Crippen molar-refractivity contribution in [2.75, 3.05) is 18.4 Å². The van der Waals surface area contributed by atoms with Gasteiger partial charge in [0.15, 0.2) is 0 Å². The van der Waals surface area contributed by atoms with E-state index in [1.54, 1.807) is 24.3 Å². The molecule has 1 aliphatic rings. The topological polar surface area (TPSA) is 90.5 Å². The number of amides is 4. The van der Waals surface area contributed by atoms with Crippen LogP contribution in [0.4, 0.5) is 10.5 Å². The lowest BCUT2D eigenvalue weighted by molar-refractivity contribution is -0.121. The number of nitrogens with zero attached hydrogens (tertiary/aromatic N) is 1. The quantitative estimate of drug-likeness (QED) is 0.549. The summed E-state index contributed by atoms with van der Waals surface area (Å²) in [5, 5.41) is 4.81. The Morgan fingerprint density at radius 1 is 0.781 bits per heavy atom. The number of urea groups is 1. The zero-order valence-electron chi connectivity index (χ0n) is 17.8. The lowest BCUT2D eigenvalue weighted by atomic mass is 10.1. The molecular weight excluding hydrogens is 404 g/mol. The van der Waals surface area contributed by atoms with Crippen LogP contribution in [-0.2, 0) is 11.2 Å². The molecule has 1 heterocycles. The Morgan fingerprint density at radius 2 is 1.56 bits per heavy atom. The van der Waals surface area contributed by atoms with Crippen molar-refractivity contribution >= 4 is 34.3 Å². The van der Waals surface area contributed by atoms with E-state index in [4.69, 9.17) is 0 Å². The summed E-state index contributed by atoms with van der Waals surface area (Å²) in [5.74, 6) is -0.359. The van der Waals surface area contributed by atoms with E-state index in [1.807, 2.05) is 47.4 Å². The van der Waals surface area contributed by atoms with Crippen LogP contribution in [0.15, 0.2) is 66.7 Å². The SMILES string of the molecule is O=C(Cc1ccc2ccccc2c1)NNC(=O)Nc1cccc(C(=O)N2CCCCC2)c1. The third-order valence-corrected chi connectivity index (χ3v) is 5.50. The second-order valence-electron chi connectivity index (χ2n) is 7.92. The summed E-state index contributed by atoms with van der Waals surface area (Å²) in [6.45, 7) is 1.53. The average molecular weight is 431 g/mol. The summed E-state index contributed by atoms with van der Waals surface area (Å²) >= 11 is 0. The van der Waals surface area contributed by atoms with Gasteiger partial charge < -0.3 is 10.2 Å². The molecule has 0 aromatic heterocycles. The van der Waals surface area contributed by atoms with Crippen molar-refractivity contribution in [1.82, 2.24) is 15.8 Å². The highest BCUT2D eigenvalue weighted by molar-refractivity contribution is 5.97. The molecule has 1 aliphatic heterocycles. The van der Waals surface area contributed by atoms with Gasteiger partial charge in [-0.15, -0.1) is 0 Å². The number of hydrogen-bond donors (Lipinski definition) is 3. The molecule has 4 rings (SSSR count). The van der Waals surface area contributed by atoms with E-state index < -0.39 is 6.03 Å². The maximum atomic E-state index is 12.6. The van der Waals surface area contributed by atoms with Crippen LogP contribution in [0, 0.1) is 0 Å². The number of anilines is 1. The Kier molecular flexibility index (Phi) is 6.65. The summed E-state index contributed by atoms with van der Waals surface area (Å²) in [6.07, 6.45) is 3.33. The third-order valence-electron chi connectivity index (χ3n) is 5.50. The van der Waals surface area contributed by atoms with Crippen LogP contribution in [-0.4, -0.2) is 35.8 Å². The minimum atomic E-state index is -0.584. The highest BCUT2D eigenvalue weighted by Crippen LogP contribution is 2.17. The van der Waals surface area contributed by atoms with Crippen molar-refractivity contribution < 1.29 is 14.4 Å². The number of carbonyl (C=O) groups excluding carboxylic acids is 3. The third kappa shape index (κ3) is 5.43. The Morgan fingerprint density at radius 3 is 2.38 bits per heavy atom. The largest absolute Gasteiger partial charge is 0.339 e. The van der Waals surface area contributed by atoms with Crippen LogP contribution >= 0.6 is 0 Å². The summed E-state index contributed by atoms with van der Waals surface area (Å²) in [6, 6.07) is 20.0. The van der Waals surface area contributed by atoms with Crippen LogP contribution in [0.5, 0.6) is 0 Å².